The molecule has 0 saturated heterocycles. The van der Waals surface area contributed by atoms with Crippen molar-refractivity contribution < 1.29 is 13.2 Å². The lowest BCUT2D eigenvalue weighted by molar-refractivity contribution is 0.408. The van der Waals surface area contributed by atoms with Gasteiger partial charge in [0, 0.05) is 17.3 Å². The predicted molar refractivity (Wildman–Crippen MR) is 69.4 cm³/mol. The fraction of sp³-hybridized carbons (Fsp3) is 0.455. The minimum atomic E-state index is -3.07. The minimum absolute atomic E-state index is 0.0529. The van der Waals surface area contributed by atoms with Gasteiger partial charge in [0.05, 0.1) is 12.9 Å². The molecule has 0 radical (unpaired) electrons. The van der Waals surface area contributed by atoms with Crippen LogP contribution in [0, 0.1) is 0 Å². The van der Waals surface area contributed by atoms with E-state index >= 15 is 0 Å². The van der Waals surface area contributed by atoms with Gasteiger partial charge in [0.25, 0.3) is 0 Å². The van der Waals surface area contributed by atoms with Crippen LogP contribution in [0.25, 0.3) is 0 Å². The number of methoxy groups -OCH3 is 1. The zero-order chi connectivity index (χ0) is 13.1. The summed E-state index contributed by atoms with van der Waals surface area (Å²) in [6.07, 6.45) is 1.58. The number of ether oxygens (including phenoxy) is 1. The fourth-order valence-electron chi connectivity index (χ4n) is 1.64. The van der Waals surface area contributed by atoms with Gasteiger partial charge >= 0.3 is 0 Å². The summed E-state index contributed by atoms with van der Waals surface area (Å²) in [5.74, 6) is 0.612. The van der Waals surface area contributed by atoms with Crippen molar-refractivity contribution in [2.45, 2.75) is 12.5 Å². The Bertz CT molecular complexity index is 487. The Kier molecular flexibility index (Phi) is 4.80. The lowest BCUT2D eigenvalue weighted by atomic mass is 10.1. The first-order valence-corrected chi connectivity index (χ1v) is 7.51. The van der Waals surface area contributed by atoms with Crippen molar-refractivity contribution in [2.75, 3.05) is 19.1 Å². The summed E-state index contributed by atoms with van der Waals surface area (Å²) >= 11 is 5.88. The number of rotatable bonds is 5. The molecule has 17 heavy (non-hydrogen) atoms. The quantitative estimate of drug-likeness (QED) is 0.880. The van der Waals surface area contributed by atoms with E-state index in [0.717, 1.165) is 5.56 Å². The highest BCUT2D eigenvalue weighted by Crippen LogP contribution is 2.23. The topological polar surface area (TPSA) is 69.4 Å². The largest absolute Gasteiger partial charge is 0.496 e. The Morgan fingerprint density at radius 2 is 2.12 bits per heavy atom. The SMILES string of the molecule is COc1ccc(Cl)cc1CC(N)CS(C)(=O)=O. The minimum Gasteiger partial charge on any atom is -0.496 e. The summed E-state index contributed by atoms with van der Waals surface area (Å²) in [6, 6.07) is 4.73. The van der Waals surface area contributed by atoms with Crippen LogP contribution in [-0.4, -0.2) is 33.6 Å². The molecule has 4 nitrogen and oxygen atoms in total. The molecule has 0 saturated carbocycles. The van der Waals surface area contributed by atoms with Gasteiger partial charge in [-0.3, -0.25) is 0 Å². The molecular formula is C11H16ClNO3S. The Hall–Kier alpha value is -0.780. The maximum atomic E-state index is 11.1. The van der Waals surface area contributed by atoms with Crippen molar-refractivity contribution in [3.05, 3.63) is 28.8 Å². The predicted octanol–water partition coefficient (Wildman–Crippen LogP) is 1.26. The van der Waals surface area contributed by atoms with E-state index in [4.69, 9.17) is 22.1 Å². The third-order valence-electron chi connectivity index (χ3n) is 2.24. The Labute approximate surface area is 107 Å². The van der Waals surface area contributed by atoms with Crippen molar-refractivity contribution in [3.8, 4) is 5.75 Å². The second-order valence-electron chi connectivity index (χ2n) is 4.01. The van der Waals surface area contributed by atoms with Gasteiger partial charge in [0.1, 0.15) is 15.6 Å². The maximum absolute atomic E-state index is 11.1. The molecule has 0 aliphatic heterocycles. The van der Waals surface area contributed by atoms with Crippen LogP contribution in [0.15, 0.2) is 18.2 Å². The van der Waals surface area contributed by atoms with Gasteiger partial charge in [-0.05, 0) is 30.2 Å². The molecule has 0 aliphatic rings. The zero-order valence-corrected chi connectivity index (χ0v) is 11.4. The van der Waals surface area contributed by atoms with Gasteiger partial charge in [-0.1, -0.05) is 11.6 Å². The third kappa shape index (κ3) is 4.93. The molecule has 0 heterocycles. The summed E-state index contributed by atoms with van der Waals surface area (Å²) in [7, 11) is -1.52. The third-order valence-corrected chi connectivity index (χ3v) is 3.51. The number of hydrogen-bond donors (Lipinski definition) is 1. The number of sulfone groups is 1. The van der Waals surface area contributed by atoms with Crippen molar-refractivity contribution in [3.63, 3.8) is 0 Å². The summed E-state index contributed by atoms with van der Waals surface area (Å²) in [5, 5.41) is 0.576. The molecule has 0 bridgehead atoms. The van der Waals surface area contributed by atoms with Crippen LogP contribution in [0.1, 0.15) is 5.56 Å². The highest BCUT2D eigenvalue weighted by atomic mass is 35.5. The van der Waals surface area contributed by atoms with E-state index in [1.54, 1.807) is 25.3 Å². The summed E-state index contributed by atoms with van der Waals surface area (Å²) in [5.41, 5.74) is 6.60. The highest BCUT2D eigenvalue weighted by Gasteiger charge is 2.14. The van der Waals surface area contributed by atoms with E-state index in [2.05, 4.69) is 0 Å². The second-order valence-corrected chi connectivity index (χ2v) is 6.63. The molecule has 96 valence electrons. The summed E-state index contributed by atoms with van der Waals surface area (Å²) in [6.45, 7) is 0. The van der Waals surface area contributed by atoms with E-state index in [-0.39, 0.29) is 5.75 Å². The van der Waals surface area contributed by atoms with Gasteiger partial charge in [-0.25, -0.2) is 8.42 Å². The Balaban J connectivity index is 2.83. The number of nitrogens with two attached hydrogens (primary N) is 1. The number of benzene rings is 1. The average molecular weight is 278 g/mol. The van der Waals surface area contributed by atoms with Gasteiger partial charge in [0.2, 0.25) is 0 Å². The molecule has 1 aromatic rings. The summed E-state index contributed by atoms with van der Waals surface area (Å²) in [4.78, 5) is 0. The van der Waals surface area contributed by atoms with Crippen molar-refractivity contribution in [2.24, 2.45) is 5.73 Å². The summed E-state index contributed by atoms with van der Waals surface area (Å²) < 4.78 is 27.4. The molecule has 1 unspecified atom stereocenters. The van der Waals surface area contributed by atoms with Crippen molar-refractivity contribution in [1.29, 1.82) is 0 Å². The maximum Gasteiger partial charge on any atom is 0.148 e. The van der Waals surface area contributed by atoms with E-state index in [1.165, 1.54) is 6.26 Å². The first-order valence-electron chi connectivity index (χ1n) is 5.07. The normalized spacial score (nSPS) is 13.4. The molecule has 0 amide bonds. The van der Waals surface area contributed by atoms with Gasteiger partial charge in [0.15, 0.2) is 0 Å². The lowest BCUT2D eigenvalue weighted by Crippen LogP contribution is -2.31. The molecule has 1 aromatic carbocycles. The number of halogens is 1. The number of hydrogen-bond acceptors (Lipinski definition) is 4. The average Bonchev–Trinajstić information content (AvgIpc) is 2.14. The molecular weight excluding hydrogens is 262 g/mol. The molecule has 1 rings (SSSR count). The van der Waals surface area contributed by atoms with Crippen LogP contribution in [-0.2, 0) is 16.3 Å². The molecule has 2 N–H and O–H groups in total. The van der Waals surface area contributed by atoms with Crippen LogP contribution < -0.4 is 10.5 Å². The van der Waals surface area contributed by atoms with Crippen LogP contribution in [0.5, 0.6) is 5.75 Å². The molecule has 0 fully saturated rings. The molecule has 6 heteroatoms. The highest BCUT2D eigenvalue weighted by molar-refractivity contribution is 7.90. The Morgan fingerprint density at radius 3 is 2.65 bits per heavy atom. The molecule has 0 spiro atoms. The van der Waals surface area contributed by atoms with Crippen LogP contribution in [0.2, 0.25) is 5.02 Å². The van der Waals surface area contributed by atoms with Crippen LogP contribution in [0.3, 0.4) is 0 Å². The molecule has 0 aliphatic carbocycles. The van der Waals surface area contributed by atoms with Gasteiger partial charge < -0.3 is 10.5 Å². The first kappa shape index (κ1) is 14.3. The zero-order valence-electron chi connectivity index (χ0n) is 9.81. The second kappa shape index (κ2) is 5.71. The lowest BCUT2D eigenvalue weighted by Gasteiger charge is -2.13. The molecule has 1 atom stereocenters. The van der Waals surface area contributed by atoms with Crippen molar-refractivity contribution >= 4 is 21.4 Å². The van der Waals surface area contributed by atoms with E-state index < -0.39 is 15.9 Å². The fourth-order valence-corrected chi connectivity index (χ4v) is 2.73. The van der Waals surface area contributed by atoms with E-state index in [9.17, 15) is 8.42 Å². The monoisotopic (exact) mass is 277 g/mol. The van der Waals surface area contributed by atoms with E-state index in [1.807, 2.05) is 0 Å². The van der Waals surface area contributed by atoms with Crippen LogP contribution >= 0.6 is 11.6 Å². The van der Waals surface area contributed by atoms with Gasteiger partial charge in [-0.15, -0.1) is 0 Å². The van der Waals surface area contributed by atoms with Gasteiger partial charge in [-0.2, -0.15) is 0 Å². The Morgan fingerprint density at radius 1 is 1.47 bits per heavy atom. The molecule has 0 aromatic heterocycles. The van der Waals surface area contributed by atoms with Crippen LogP contribution in [0.4, 0.5) is 0 Å². The van der Waals surface area contributed by atoms with E-state index in [0.29, 0.717) is 17.2 Å². The first-order chi connectivity index (χ1) is 7.81. The standard InChI is InChI=1S/C11H16ClNO3S/c1-16-11-4-3-9(12)5-8(11)6-10(13)7-17(2,14)15/h3-5,10H,6-7,13H2,1-2H3. The smallest absolute Gasteiger partial charge is 0.148 e. The van der Waals surface area contributed by atoms with Crippen molar-refractivity contribution in [1.82, 2.24) is 0 Å².